The zero-order chi connectivity index (χ0) is 9.26. The van der Waals surface area contributed by atoms with Gasteiger partial charge in [0.1, 0.15) is 0 Å². The molecule has 1 saturated heterocycles. The lowest BCUT2D eigenvalue weighted by molar-refractivity contribution is 0.0946. The Labute approximate surface area is 83.7 Å². The van der Waals surface area contributed by atoms with E-state index in [1.807, 2.05) is 18.2 Å². The van der Waals surface area contributed by atoms with Crippen molar-refractivity contribution >= 4 is 11.6 Å². The van der Waals surface area contributed by atoms with E-state index in [1.54, 1.807) is 0 Å². The van der Waals surface area contributed by atoms with Crippen molar-refractivity contribution in [2.45, 2.75) is 18.4 Å². The lowest BCUT2D eigenvalue weighted by atomic mass is 9.97. The summed E-state index contributed by atoms with van der Waals surface area (Å²) in [6.45, 7) is 2.81. The molecule has 1 aromatic carbocycles. The van der Waals surface area contributed by atoms with Crippen LogP contribution in [0.2, 0.25) is 0 Å². The molecule has 0 radical (unpaired) electrons. The summed E-state index contributed by atoms with van der Waals surface area (Å²) in [6, 6.07) is 10.3. The van der Waals surface area contributed by atoms with Crippen LogP contribution in [-0.2, 0) is 4.74 Å². The Morgan fingerprint density at radius 2 is 2.00 bits per heavy atom. The lowest BCUT2D eigenvalue weighted by Crippen LogP contribution is -2.10. The maximum absolute atomic E-state index is 6.08. The number of rotatable bonds is 1. The minimum absolute atomic E-state index is 0.158. The largest absolute Gasteiger partial charge is 0.372 e. The van der Waals surface area contributed by atoms with Gasteiger partial charge in [0.2, 0.25) is 0 Å². The summed E-state index contributed by atoms with van der Waals surface area (Å²) in [7, 11) is 0. The summed E-state index contributed by atoms with van der Waals surface area (Å²) in [5, 5.41) is 0.158. The standard InChI is InChI=1S/C11H13ClO/c1-8-10(12)7-13-11(8)9-5-3-2-4-6-9/h2-6,8,10-11H,7H2,1H3/t8-,10-,11?/m1/s1. The first-order chi connectivity index (χ1) is 6.29. The first kappa shape index (κ1) is 9.04. The molecule has 0 aliphatic carbocycles. The first-order valence-corrected chi connectivity index (χ1v) is 5.03. The highest BCUT2D eigenvalue weighted by molar-refractivity contribution is 6.21. The molecular weight excluding hydrogens is 184 g/mol. The van der Waals surface area contributed by atoms with Crippen LogP contribution in [-0.4, -0.2) is 12.0 Å². The molecule has 1 fully saturated rings. The summed E-state index contributed by atoms with van der Waals surface area (Å²) in [5.41, 5.74) is 1.23. The summed E-state index contributed by atoms with van der Waals surface area (Å²) in [4.78, 5) is 0. The Balaban J connectivity index is 2.19. The first-order valence-electron chi connectivity index (χ1n) is 4.59. The molecule has 1 aromatic rings. The van der Waals surface area contributed by atoms with Crippen molar-refractivity contribution in [3.05, 3.63) is 35.9 Å². The predicted octanol–water partition coefficient (Wildman–Crippen LogP) is 3.00. The third-order valence-corrected chi connectivity index (χ3v) is 3.13. The molecule has 1 aliphatic heterocycles. The van der Waals surface area contributed by atoms with Gasteiger partial charge in [-0.3, -0.25) is 0 Å². The average molecular weight is 197 g/mol. The van der Waals surface area contributed by atoms with Crippen molar-refractivity contribution in [2.24, 2.45) is 5.92 Å². The topological polar surface area (TPSA) is 9.23 Å². The molecule has 0 N–H and O–H groups in total. The van der Waals surface area contributed by atoms with E-state index in [1.165, 1.54) is 5.56 Å². The van der Waals surface area contributed by atoms with Gasteiger partial charge in [-0.1, -0.05) is 37.3 Å². The van der Waals surface area contributed by atoms with E-state index >= 15 is 0 Å². The van der Waals surface area contributed by atoms with Gasteiger partial charge in [-0.25, -0.2) is 0 Å². The molecule has 1 aliphatic rings. The molecule has 0 aromatic heterocycles. The van der Waals surface area contributed by atoms with E-state index in [0.717, 1.165) is 0 Å². The second-order valence-corrected chi connectivity index (χ2v) is 4.10. The van der Waals surface area contributed by atoms with Crippen molar-refractivity contribution < 1.29 is 4.74 Å². The minimum Gasteiger partial charge on any atom is -0.372 e. The monoisotopic (exact) mass is 196 g/mol. The predicted molar refractivity (Wildman–Crippen MR) is 53.9 cm³/mol. The van der Waals surface area contributed by atoms with Gasteiger partial charge in [0.15, 0.2) is 0 Å². The molecule has 1 heterocycles. The summed E-state index contributed by atoms with van der Waals surface area (Å²) >= 11 is 6.08. The van der Waals surface area contributed by atoms with E-state index in [0.29, 0.717) is 12.5 Å². The maximum atomic E-state index is 6.08. The van der Waals surface area contributed by atoms with Gasteiger partial charge >= 0.3 is 0 Å². The fraction of sp³-hybridized carbons (Fsp3) is 0.455. The molecule has 13 heavy (non-hydrogen) atoms. The Hall–Kier alpha value is -0.530. The number of benzene rings is 1. The Morgan fingerprint density at radius 1 is 1.31 bits per heavy atom. The number of hydrogen-bond donors (Lipinski definition) is 0. The van der Waals surface area contributed by atoms with Crippen LogP contribution in [0, 0.1) is 5.92 Å². The summed E-state index contributed by atoms with van der Waals surface area (Å²) in [5.74, 6) is 0.407. The number of alkyl halides is 1. The fourth-order valence-electron chi connectivity index (χ4n) is 1.73. The van der Waals surface area contributed by atoms with Gasteiger partial charge in [-0.05, 0) is 5.56 Å². The fourth-order valence-corrected chi connectivity index (χ4v) is 1.94. The van der Waals surface area contributed by atoms with Crippen LogP contribution in [0.15, 0.2) is 30.3 Å². The highest BCUT2D eigenvalue weighted by Crippen LogP contribution is 2.36. The third-order valence-electron chi connectivity index (χ3n) is 2.61. The van der Waals surface area contributed by atoms with Crippen LogP contribution >= 0.6 is 11.6 Å². The molecule has 1 unspecified atom stereocenters. The van der Waals surface area contributed by atoms with Crippen molar-refractivity contribution in [3.63, 3.8) is 0 Å². The van der Waals surface area contributed by atoms with Crippen molar-refractivity contribution in [2.75, 3.05) is 6.61 Å². The maximum Gasteiger partial charge on any atom is 0.0866 e. The van der Waals surface area contributed by atoms with Gasteiger partial charge in [0.25, 0.3) is 0 Å². The van der Waals surface area contributed by atoms with E-state index in [2.05, 4.69) is 19.1 Å². The summed E-state index contributed by atoms with van der Waals surface area (Å²) < 4.78 is 5.63. The highest BCUT2D eigenvalue weighted by Gasteiger charge is 2.33. The van der Waals surface area contributed by atoms with Crippen LogP contribution < -0.4 is 0 Å². The van der Waals surface area contributed by atoms with Crippen LogP contribution in [0.4, 0.5) is 0 Å². The molecule has 70 valence electrons. The molecule has 2 heteroatoms. The Kier molecular flexibility index (Phi) is 2.56. The molecule has 0 saturated carbocycles. The number of hydrogen-bond acceptors (Lipinski definition) is 1. The van der Waals surface area contributed by atoms with E-state index in [9.17, 15) is 0 Å². The lowest BCUT2D eigenvalue weighted by Gasteiger charge is -2.15. The van der Waals surface area contributed by atoms with Gasteiger partial charge in [-0.2, -0.15) is 0 Å². The second-order valence-electron chi connectivity index (χ2n) is 3.54. The molecule has 0 amide bonds. The quantitative estimate of drug-likeness (QED) is 0.628. The molecule has 0 bridgehead atoms. The van der Waals surface area contributed by atoms with Crippen LogP contribution in [0.25, 0.3) is 0 Å². The normalized spacial score (nSPS) is 33.5. The van der Waals surface area contributed by atoms with Crippen molar-refractivity contribution in [1.82, 2.24) is 0 Å². The molecule has 2 rings (SSSR count). The molecule has 1 nitrogen and oxygen atoms in total. The van der Waals surface area contributed by atoms with Crippen molar-refractivity contribution in [1.29, 1.82) is 0 Å². The Morgan fingerprint density at radius 3 is 2.54 bits per heavy atom. The smallest absolute Gasteiger partial charge is 0.0866 e. The van der Waals surface area contributed by atoms with Gasteiger partial charge in [0, 0.05) is 5.92 Å². The zero-order valence-corrected chi connectivity index (χ0v) is 8.37. The third kappa shape index (κ3) is 1.72. The number of ether oxygens (including phenoxy) is 1. The highest BCUT2D eigenvalue weighted by atomic mass is 35.5. The van der Waals surface area contributed by atoms with Gasteiger partial charge in [-0.15, -0.1) is 11.6 Å². The number of halogens is 1. The minimum atomic E-state index is 0.158. The van der Waals surface area contributed by atoms with Gasteiger partial charge < -0.3 is 4.74 Å². The van der Waals surface area contributed by atoms with Crippen LogP contribution in [0.1, 0.15) is 18.6 Å². The van der Waals surface area contributed by atoms with E-state index in [-0.39, 0.29) is 11.5 Å². The average Bonchev–Trinajstić information content (AvgIpc) is 2.49. The zero-order valence-electron chi connectivity index (χ0n) is 7.61. The summed E-state index contributed by atoms with van der Waals surface area (Å²) in [6.07, 6.45) is 0.184. The van der Waals surface area contributed by atoms with Gasteiger partial charge in [0.05, 0.1) is 18.1 Å². The van der Waals surface area contributed by atoms with Crippen LogP contribution in [0.3, 0.4) is 0 Å². The molecule has 0 spiro atoms. The van der Waals surface area contributed by atoms with E-state index in [4.69, 9.17) is 16.3 Å². The SMILES string of the molecule is C[C@H]1C(c2ccccc2)OC[C@H]1Cl. The van der Waals surface area contributed by atoms with Crippen LogP contribution in [0.5, 0.6) is 0 Å². The molecule has 3 atom stereocenters. The van der Waals surface area contributed by atoms with Crippen molar-refractivity contribution in [3.8, 4) is 0 Å². The second kappa shape index (κ2) is 3.69. The molecular formula is C11H13ClO. The Bertz CT molecular complexity index is 273. The van der Waals surface area contributed by atoms with E-state index < -0.39 is 0 Å².